The number of hydrogen-bond donors (Lipinski definition) is 3. The first-order valence-corrected chi connectivity index (χ1v) is 26.4. The van der Waals surface area contributed by atoms with Crippen LogP contribution in [0.4, 0.5) is 0 Å². The number of aliphatic hydroxyl groups excluding tert-OH is 3. The molecule has 0 saturated heterocycles. The second-order valence-corrected chi connectivity index (χ2v) is 17.8. The van der Waals surface area contributed by atoms with E-state index in [9.17, 15) is 4.79 Å². The van der Waals surface area contributed by atoms with E-state index in [2.05, 4.69) is 41.2 Å². The lowest BCUT2D eigenvalue weighted by molar-refractivity contribution is 0.00919. The van der Waals surface area contributed by atoms with Gasteiger partial charge in [-0.1, -0.05) is 57.3 Å². The molecule has 0 bridgehead atoms. The highest BCUT2D eigenvalue weighted by Crippen LogP contribution is 2.29. The fraction of sp³-hybridized carbons (Fsp3) is 0.316. The van der Waals surface area contributed by atoms with Crippen LogP contribution in [0, 0.1) is 0 Å². The van der Waals surface area contributed by atoms with E-state index in [0.717, 1.165) is 33.6 Å². The van der Waals surface area contributed by atoms with Crippen LogP contribution in [-0.4, -0.2) is 200 Å². The van der Waals surface area contributed by atoms with Crippen LogP contribution in [-0.2, 0) is 33.2 Å². The molecule has 0 fully saturated rings. The number of carbonyl (C=O) groups excluding carboxylic acids is 1. The van der Waals surface area contributed by atoms with Crippen molar-refractivity contribution >= 4 is 5.97 Å². The van der Waals surface area contributed by atoms with Crippen molar-refractivity contribution < 1.29 is 62.7 Å². The van der Waals surface area contributed by atoms with Gasteiger partial charge in [-0.2, -0.15) is 0 Å². The van der Waals surface area contributed by atoms with Gasteiger partial charge in [0.05, 0.1) is 152 Å². The number of aromatic nitrogens is 12. The minimum atomic E-state index is -0.600. The van der Waals surface area contributed by atoms with Gasteiger partial charge < -0.3 is 58.0 Å². The van der Waals surface area contributed by atoms with E-state index in [-0.39, 0.29) is 65.0 Å². The standard InChI is InChI=1S/C57H62N12O13/c70-15-18-74-21-24-77-27-30-80-51-11-7-47(8-12-51)66-38-53(58-62-66)42-3-1-5-44(33-42)55-40-68(64-60-55)49-35-46(57(73)82-32-29-79-26-23-76-20-17-72)36-50(37-49)69-41-56(61-65-69)45-6-2-4-43(34-45)54-39-67(63-59-54)48-9-13-52(14-10-48)81-31-28-78-25-22-75-19-16-71/h1-14,33-41,70-72H,15-32H2. The topological polar surface area (TPSA) is 284 Å². The molecule has 0 amide bonds. The van der Waals surface area contributed by atoms with Crippen molar-refractivity contribution in [1.82, 2.24) is 60.0 Å². The summed E-state index contributed by atoms with van der Waals surface area (Å²) < 4.78 is 55.9. The van der Waals surface area contributed by atoms with Crippen molar-refractivity contribution in [3.63, 3.8) is 0 Å². The van der Waals surface area contributed by atoms with E-state index < -0.39 is 5.97 Å². The van der Waals surface area contributed by atoms with E-state index in [0.29, 0.717) is 105 Å². The zero-order valence-corrected chi connectivity index (χ0v) is 44.8. The number of esters is 1. The average Bonchev–Trinajstić information content (AvgIpc) is 4.47. The smallest absolute Gasteiger partial charge is 0.338 e. The number of rotatable bonds is 35. The van der Waals surface area contributed by atoms with Gasteiger partial charge >= 0.3 is 5.97 Å². The van der Waals surface area contributed by atoms with Crippen LogP contribution >= 0.6 is 0 Å². The molecule has 9 rings (SSSR count). The van der Waals surface area contributed by atoms with E-state index in [1.165, 1.54) is 0 Å². The minimum Gasteiger partial charge on any atom is -0.491 e. The molecule has 82 heavy (non-hydrogen) atoms. The van der Waals surface area contributed by atoms with Gasteiger partial charge in [0, 0.05) is 22.3 Å². The molecule has 0 aliphatic rings. The summed E-state index contributed by atoms with van der Waals surface area (Å²) in [5.74, 6) is 0.767. The van der Waals surface area contributed by atoms with Crippen LogP contribution in [0.3, 0.4) is 0 Å². The number of aliphatic hydroxyl groups is 3. The van der Waals surface area contributed by atoms with Crippen LogP contribution in [0.1, 0.15) is 10.4 Å². The first-order valence-electron chi connectivity index (χ1n) is 26.4. The molecule has 25 heteroatoms. The normalized spacial score (nSPS) is 11.4. The van der Waals surface area contributed by atoms with E-state index in [4.69, 9.17) is 58.0 Å². The van der Waals surface area contributed by atoms with Crippen molar-refractivity contribution in [3.8, 4) is 79.3 Å². The van der Waals surface area contributed by atoms with Crippen molar-refractivity contribution in [2.45, 2.75) is 0 Å². The first-order chi connectivity index (χ1) is 40.4. The third-order valence-electron chi connectivity index (χ3n) is 12.0. The van der Waals surface area contributed by atoms with Crippen LogP contribution in [0.15, 0.2) is 140 Å². The number of nitrogens with zero attached hydrogens (tertiary/aromatic N) is 12. The second kappa shape index (κ2) is 30.8. The summed E-state index contributed by atoms with van der Waals surface area (Å²) in [6.07, 6.45) is 7.20. The largest absolute Gasteiger partial charge is 0.491 e. The molecular formula is C57H62N12O13. The third kappa shape index (κ3) is 16.7. The summed E-state index contributed by atoms with van der Waals surface area (Å²) in [6.45, 7) is 4.56. The van der Waals surface area contributed by atoms with E-state index >= 15 is 0 Å². The summed E-state index contributed by atoms with van der Waals surface area (Å²) in [7, 11) is 0. The predicted octanol–water partition coefficient (Wildman–Crippen LogP) is 4.67. The van der Waals surface area contributed by atoms with Crippen LogP contribution < -0.4 is 9.47 Å². The number of ether oxygens (including phenoxy) is 9. The van der Waals surface area contributed by atoms with Crippen molar-refractivity contribution in [2.75, 3.05) is 119 Å². The Hall–Kier alpha value is -8.63. The molecule has 0 unspecified atom stereocenters. The van der Waals surface area contributed by atoms with Crippen LogP contribution in [0.2, 0.25) is 0 Å². The number of hydrogen-bond acceptors (Lipinski definition) is 21. The maximum absolute atomic E-state index is 13.7. The summed E-state index contributed by atoms with van der Waals surface area (Å²) in [5.41, 5.74) is 8.33. The molecule has 0 spiro atoms. The third-order valence-corrected chi connectivity index (χ3v) is 12.0. The lowest BCUT2D eigenvalue weighted by Crippen LogP contribution is -2.14. The molecule has 9 aromatic rings. The summed E-state index contributed by atoms with van der Waals surface area (Å²) in [6, 6.07) is 35.5. The number of carbonyl (C=O) groups is 1. The Morgan fingerprint density at radius 1 is 0.354 bits per heavy atom. The molecule has 0 aliphatic carbocycles. The summed E-state index contributed by atoms with van der Waals surface area (Å²) in [5, 5.41) is 62.2. The zero-order valence-electron chi connectivity index (χ0n) is 44.8. The Morgan fingerprint density at radius 3 is 1.02 bits per heavy atom. The molecule has 0 saturated carbocycles. The fourth-order valence-corrected chi connectivity index (χ4v) is 8.01. The van der Waals surface area contributed by atoms with Gasteiger partial charge in [-0.15, -0.1) is 20.4 Å². The van der Waals surface area contributed by atoms with Gasteiger partial charge in [0.25, 0.3) is 0 Å². The van der Waals surface area contributed by atoms with Crippen LogP contribution in [0.25, 0.3) is 67.8 Å². The molecule has 4 heterocycles. The highest BCUT2D eigenvalue weighted by atomic mass is 16.6. The van der Waals surface area contributed by atoms with Crippen LogP contribution in [0.5, 0.6) is 11.5 Å². The first kappa shape index (κ1) is 58.0. The zero-order chi connectivity index (χ0) is 56.6. The van der Waals surface area contributed by atoms with Gasteiger partial charge in [0.1, 0.15) is 54.1 Å². The molecule has 0 aliphatic heterocycles. The molecule has 5 aromatic carbocycles. The van der Waals surface area contributed by atoms with Gasteiger partial charge in [-0.05, 0) is 78.9 Å². The second-order valence-electron chi connectivity index (χ2n) is 17.8. The quantitative estimate of drug-likeness (QED) is 0.0359. The predicted molar refractivity (Wildman–Crippen MR) is 295 cm³/mol. The Kier molecular flexibility index (Phi) is 21.8. The maximum atomic E-state index is 13.7. The van der Waals surface area contributed by atoms with Gasteiger partial charge in [-0.3, -0.25) is 0 Å². The van der Waals surface area contributed by atoms with E-state index in [1.807, 2.05) is 116 Å². The van der Waals surface area contributed by atoms with Crippen molar-refractivity contribution in [2.24, 2.45) is 0 Å². The lowest BCUT2D eigenvalue weighted by atomic mass is 10.1. The van der Waals surface area contributed by atoms with Crippen molar-refractivity contribution in [3.05, 3.63) is 146 Å². The SMILES string of the molecule is O=C(OCCOCCOCCO)c1cc(-n2cc(-c3cccc(-c4cn(-c5ccc(OCCOCCOCCO)cc5)nn4)c3)nn2)cc(-n2cc(-c3cccc(-c4cn(-c5ccc(OCCOCCOCCO)cc5)nn4)c3)nn2)c1. The van der Waals surface area contributed by atoms with Gasteiger partial charge in [-0.25, -0.2) is 23.5 Å². The Morgan fingerprint density at radius 2 is 0.671 bits per heavy atom. The minimum absolute atomic E-state index is 0.0142. The Balaban J connectivity index is 0.872. The maximum Gasteiger partial charge on any atom is 0.338 e. The highest BCUT2D eigenvalue weighted by Gasteiger charge is 2.18. The molecule has 3 N–H and O–H groups in total. The Labute approximate surface area is 471 Å². The molecular weight excluding hydrogens is 1060 g/mol. The van der Waals surface area contributed by atoms with E-state index in [1.54, 1.807) is 43.3 Å². The Bertz CT molecular complexity index is 3170. The molecule has 0 radical (unpaired) electrons. The molecule has 4 aromatic heterocycles. The van der Waals surface area contributed by atoms with Gasteiger partial charge in [0.2, 0.25) is 0 Å². The lowest BCUT2D eigenvalue weighted by Gasteiger charge is -2.10. The van der Waals surface area contributed by atoms with Gasteiger partial charge in [0.15, 0.2) is 0 Å². The fourth-order valence-electron chi connectivity index (χ4n) is 8.01. The molecule has 428 valence electrons. The average molecular weight is 1120 g/mol. The highest BCUT2D eigenvalue weighted by molar-refractivity contribution is 5.91. The molecule has 25 nitrogen and oxygen atoms in total. The summed E-state index contributed by atoms with van der Waals surface area (Å²) >= 11 is 0. The number of benzene rings is 5. The van der Waals surface area contributed by atoms with Crippen molar-refractivity contribution in [1.29, 1.82) is 0 Å². The monoisotopic (exact) mass is 1120 g/mol. The summed E-state index contributed by atoms with van der Waals surface area (Å²) in [4.78, 5) is 13.7. The molecule has 0 atom stereocenters.